The molecule has 0 radical (unpaired) electrons. The number of amides is 1. The molecule has 0 bridgehead atoms. The molecule has 4 nitrogen and oxygen atoms in total. The molecule has 2 aromatic rings. The molecule has 0 unspecified atom stereocenters. The molecule has 5 heteroatoms. The Hall–Kier alpha value is -2.14. The van der Waals surface area contributed by atoms with Crippen LogP contribution >= 0.6 is 0 Å². The van der Waals surface area contributed by atoms with E-state index in [-0.39, 0.29) is 5.91 Å². The van der Waals surface area contributed by atoms with Crippen molar-refractivity contribution >= 4 is 22.4 Å². The molecule has 0 aliphatic heterocycles. The number of anilines is 1. The molecule has 23 heavy (non-hydrogen) atoms. The molecule has 0 aliphatic carbocycles. The number of aryl methyl sites for hydroxylation is 1. The first-order chi connectivity index (χ1) is 11.0. The molecule has 0 spiro atoms. The summed E-state index contributed by atoms with van der Waals surface area (Å²) in [7, 11) is 0.257. The highest BCUT2D eigenvalue weighted by Crippen LogP contribution is 2.23. The third-order valence-electron chi connectivity index (χ3n) is 3.52. The lowest BCUT2D eigenvalue weighted by atomic mass is 10.2. The van der Waals surface area contributed by atoms with Gasteiger partial charge in [-0.05, 0) is 31.5 Å². The van der Waals surface area contributed by atoms with E-state index in [1.165, 1.54) is 0 Å². The van der Waals surface area contributed by atoms with Crippen molar-refractivity contribution in [1.29, 1.82) is 0 Å². The maximum atomic E-state index is 12.4. The van der Waals surface area contributed by atoms with Gasteiger partial charge in [0.1, 0.15) is 11.0 Å². The van der Waals surface area contributed by atoms with Gasteiger partial charge in [0.15, 0.2) is 0 Å². The van der Waals surface area contributed by atoms with Crippen molar-refractivity contribution in [2.24, 2.45) is 0 Å². The zero-order valence-corrected chi connectivity index (χ0v) is 14.4. The number of nitrogens with one attached hydrogen (secondary N) is 1. The number of para-hydroxylation sites is 2. The average Bonchev–Trinajstić information content (AvgIpc) is 2.54. The second-order valence-corrected chi connectivity index (χ2v) is 7.10. The topological polar surface area (TPSA) is 55.4 Å². The van der Waals surface area contributed by atoms with E-state index in [2.05, 4.69) is 5.32 Å². The second-order valence-electron chi connectivity index (χ2n) is 5.35. The van der Waals surface area contributed by atoms with Crippen LogP contribution in [0.4, 0.5) is 5.69 Å². The summed E-state index contributed by atoms with van der Waals surface area (Å²) in [6, 6.07) is 15.0. The Bertz CT molecular complexity index is 715. The number of ether oxygens (including phenoxy) is 1. The molecule has 2 rings (SSSR count). The Kier molecular flexibility index (Phi) is 5.93. The fraction of sp³-hybridized carbons (Fsp3) is 0.278. The van der Waals surface area contributed by atoms with E-state index in [0.29, 0.717) is 17.2 Å². The summed E-state index contributed by atoms with van der Waals surface area (Å²) in [6.45, 7) is 3.67. The summed E-state index contributed by atoms with van der Waals surface area (Å²) >= 11 is 0. The third-order valence-corrected chi connectivity index (χ3v) is 5.14. The summed E-state index contributed by atoms with van der Waals surface area (Å²) in [5, 5.41) is 2.17. The van der Waals surface area contributed by atoms with Crippen molar-refractivity contribution in [2.45, 2.75) is 24.9 Å². The first kappa shape index (κ1) is 17.2. The summed E-state index contributed by atoms with van der Waals surface area (Å²) in [5.41, 5.74) is 2.67. The zero-order valence-electron chi connectivity index (χ0n) is 13.5. The van der Waals surface area contributed by atoms with E-state index in [1.807, 2.05) is 43.3 Å². The molecule has 0 aliphatic rings. The number of hydrogen-bond acceptors (Lipinski definition) is 3. The van der Waals surface area contributed by atoms with Gasteiger partial charge in [0.25, 0.3) is 0 Å². The Balaban J connectivity index is 2.02. The third kappa shape index (κ3) is 4.66. The monoisotopic (exact) mass is 331 g/mol. The van der Waals surface area contributed by atoms with Crippen molar-refractivity contribution < 1.29 is 13.7 Å². The largest absolute Gasteiger partial charge is 0.495 e. The van der Waals surface area contributed by atoms with Crippen molar-refractivity contribution in [3.05, 3.63) is 59.7 Å². The van der Waals surface area contributed by atoms with Crippen LogP contribution in [0.3, 0.4) is 0 Å². The molecular formula is C18H21NO3S. The summed E-state index contributed by atoms with van der Waals surface area (Å²) in [5.74, 6) is 0.667. The minimum absolute atomic E-state index is 0.277. The van der Waals surface area contributed by atoms with Crippen LogP contribution in [0.5, 0.6) is 5.75 Å². The van der Waals surface area contributed by atoms with Gasteiger partial charge in [-0.3, -0.25) is 9.00 Å². The van der Waals surface area contributed by atoms with E-state index in [1.54, 1.807) is 26.2 Å². The molecule has 0 fully saturated rings. The van der Waals surface area contributed by atoms with Crippen LogP contribution < -0.4 is 10.1 Å². The van der Waals surface area contributed by atoms with Crippen LogP contribution in [-0.2, 0) is 21.3 Å². The van der Waals surface area contributed by atoms with Crippen LogP contribution in [0.2, 0.25) is 0 Å². The van der Waals surface area contributed by atoms with Gasteiger partial charge in [0, 0.05) is 16.6 Å². The lowest BCUT2D eigenvalue weighted by Crippen LogP contribution is -2.29. The number of methoxy groups -OCH3 is 1. The maximum absolute atomic E-state index is 12.4. The molecule has 2 aromatic carbocycles. The molecule has 0 saturated carbocycles. The summed E-state index contributed by atoms with van der Waals surface area (Å²) in [6.07, 6.45) is 0. The normalized spacial score (nSPS) is 13.2. The van der Waals surface area contributed by atoms with Gasteiger partial charge in [0.2, 0.25) is 5.91 Å². The Labute approximate surface area is 139 Å². The zero-order chi connectivity index (χ0) is 16.8. The van der Waals surface area contributed by atoms with Crippen LogP contribution in [0.15, 0.2) is 48.5 Å². The number of carbonyl (C=O) groups excluding carboxylic acids is 1. The average molecular weight is 331 g/mol. The maximum Gasteiger partial charge on any atom is 0.239 e. The van der Waals surface area contributed by atoms with E-state index in [9.17, 15) is 9.00 Å². The van der Waals surface area contributed by atoms with Crippen molar-refractivity contribution in [1.82, 2.24) is 0 Å². The first-order valence-corrected chi connectivity index (χ1v) is 8.76. The first-order valence-electron chi connectivity index (χ1n) is 7.38. The lowest BCUT2D eigenvalue weighted by molar-refractivity contribution is -0.115. The Morgan fingerprint density at radius 2 is 1.96 bits per heavy atom. The molecule has 2 atom stereocenters. The van der Waals surface area contributed by atoms with E-state index in [0.717, 1.165) is 11.1 Å². The Morgan fingerprint density at radius 1 is 1.22 bits per heavy atom. The van der Waals surface area contributed by atoms with Crippen LogP contribution in [0, 0.1) is 6.92 Å². The molecule has 0 aromatic heterocycles. The van der Waals surface area contributed by atoms with Gasteiger partial charge in [-0.2, -0.15) is 0 Å². The minimum Gasteiger partial charge on any atom is -0.495 e. The summed E-state index contributed by atoms with van der Waals surface area (Å²) < 4.78 is 17.6. The molecule has 0 heterocycles. The number of rotatable bonds is 6. The fourth-order valence-electron chi connectivity index (χ4n) is 2.19. The van der Waals surface area contributed by atoms with Gasteiger partial charge in [-0.1, -0.05) is 42.0 Å². The highest BCUT2D eigenvalue weighted by molar-refractivity contribution is 7.85. The number of carbonyl (C=O) groups is 1. The lowest BCUT2D eigenvalue weighted by Gasteiger charge is -2.14. The van der Waals surface area contributed by atoms with Crippen molar-refractivity contribution in [2.75, 3.05) is 12.4 Å². The van der Waals surface area contributed by atoms with Crippen LogP contribution in [-0.4, -0.2) is 22.5 Å². The smallest absolute Gasteiger partial charge is 0.239 e. The highest BCUT2D eigenvalue weighted by atomic mass is 32.2. The van der Waals surface area contributed by atoms with E-state index >= 15 is 0 Å². The molecule has 1 amide bonds. The number of benzene rings is 2. The van der Waals surface area contributed by atoms with E-state index < -0.39 is 16.0 Å². The van der Waals surface area contributed by atoms with Crippen molar-refractivity contribution in [3.8, 4) is 5.75 Å². The van der Waals surface area contributed by atoms with Gasteiger partial charge in [0.05, 0.1) is 12.8 Å². The summed E-state index contributed by atoms with van der Waals surface area (Å²) in [4.78, 5) is 12.3. The van der Waals surface area contributed by atoms with Crippen molar-refractivity contribution in [3.63, 3.8) is 0 Å². The highest BCUT2D eigenvalue weighted by Gasteiger charge is 2.21. The van der Waals surface area contributed by atoms with Gasteiger partial charge in [-0.15, -0.1) is 0 Å². The SMILES string of the molecule is COc1ccccc1NC(=O)[C@H](C)[S@@](=O)Cc1cccc(C)c1. The molecule has 1 N–H and O–H groups in total. The van der Waals surface area contributed by atoms with E-state index in [4.69, 9.17) is 4.74 Å². The molecule has 0 saturated heterocycles. The van der Waals surface area contributed by atoms with Gasteiger partial charge in [-0.25, -0.2) is 0 Å². The van der Waals surface area contributed by atoms with Crippen LogP contribution in [0.25, 0.3) is 0 Å². The second kappa shape index (κ2) is 7.92. The quantitative estimate of drug-likeness (QED) is 0.884. The fourth-order valence-corrected chi connectivity index (χ4v) is 3.25. The predicted molar refractivity (Wildman–Crippen MR) is 94.1 cm³/mol. The van der Waals surface area contributed by atoms with Crippen LogP contribution in [0.1, 0.15) is 18.1 Å². The van der Waals surface area contributed by atoms with Gasteiger partial charge >= 0.3 is 0 Å². The minimum atomic E-state index is -1.29. The Morgan fingerprint density at radius 3 is 2.65 bits per heavy atom. The standard InChI is InChI=1S/C18H21NO3S/c1-13-7-6-8-15(11-13)12-23(21)14(2)18(20)19-16-9-4-5-10-17(16)22-3/h4-11,14H,12H2,1-3H3,(H,19,20)/t14-,23-/m0/s1. The van der Waals surface area contributed by atoms with Gasteiger partial charge < -0.3 is 10.1 Å². The molecule has 122 valence electrons. The predicted octanol–water partition coefficient (Wildman–Crippen LogP) is 3.28. The molecular weight excluding hydrogens is 310 g/mol. The number of hydrogen-bond donors (Lipinski definition) is 1.